The largest absolute Gasteiger partial charge is 0.478 e. The zero-order valence-corrected chi connectivity index (χ0v) is 10.8. The number of rotatable bonds is 3. The molecule has 5 nitrogen and oxygen atoms in total. The maximum atomic E-state index is 12.1. The van der Waals surface area contributed by atoms with Gasteiger partial charge in [-0.2, -0.15) is 0 Å². The third-order valence-electron chi connectivity index (χ3n) is 3.48. The summed E-state index contributed by atoms with van der Waals surface area (Å²) in [4.78, 5) is 26.9. The molecule has 0 saturated heterocycles. The average molecular weight is 262 g/mol. The molecule has 1 aliphatic carbocycles. The first kappa shape index (κ1) is 13.5. The maximum Gasteiger partial charge on any atom is 0.335 e. The summed E-state index contributed by atoms with van der Waals surface area (Å²) in [5.74, 6) is -0.726. The molecule has 1 saturated carbocycles. The van der Waals surface area contributed by atoms with Gasteiger partial charge in [0, 0.05) is 12.1 Å². The minimum atomic E-state index is -1.02. The van der Waals surface area contributed by atoms with Crippen LogP contribution in [-0.2, 0) is 4.79 Å². The maximum absolute atomic E-state index is 12.1. The highest BCUT2D eigenvalue weighted by Gasteiger charge is 2.20. The molecule has 1 aromatic heterocycles. The fourth-order valence-corrected chi connectivity index (χ4v) is 2.40. The van der Waals surface area contributed by atoms with Gasteiger partial charge in [-0.05, 0) is 25.0 Å². The van der Waals surface area contributed by atoms with Crippen molar-refractivity contribution < 1.29 is 14.7 Å². The Bertz CT molecular complexity index is 466. The lowest BCUT2D eigenvalue weighted by atomic mass is 9.99. The van der Waals surface area contributed by atoms with E-state index in [2.05, 4.69) is 10.3 Å². The van der Waals surface area contributed by atoms with E-state index in [1.54, 1.807) is 0 Å². The number of nitrogens with one attached hydrogen (secondary N) is 1. The number of aromatic nitrogens is 1. The number of hydrogen-bond donors (Lipinski definition) is 2. The summed E-state index contributed by atoms with van der Waals surface area (Å²) in [6.45, 7) is 0. The number of nitrogens with zero attached hydrogens (tertiary/aromatic N) is 1. The normalized spacial score (nSPS) is 16.6. The van der Waals surface area contributed by atoms with Crippen molar-refractivity contribution in [3.8, 4) is 0 Å². The van der Waals surface area contributed by atoms with Gasteiger partial charge in [0.25, 0.3) is 0 Å². The quantitative estimate of drug-likeness (QED) is 0.821. The molecule has 2 rings (SSSR count). The van der Waals surface area contributed by atoms with Crippen molar-refractivity contribution in [3.63, 3.8) is 0 Å². The fourth-order valence-electron chi connectivity index (χ4n) is 2.40. The Morgan fingerprint density at radius 2 is 1.89 bits per heavy atom. The summed E-state index contributed by atoms with van der Waals surface area (Å²) in [6.07, 6.45) is 7.76. The van der Waals surface area contributed by atoms with Crippen LogP contribution in [0, 0.1) is 5.92 Å². The lowest BCUT2D eigenvalue weighted by Gasteiger charge is -2.13. The Morgan fingerprint density at radius 3 is 2.53 bits per heavy atom. The lowest BCUT2D eigenvalue weighted by Crippen LogP contribution is -2.23. The van der Waals surface area contributed by atoms with Crippen molar-refractivity contribution in [1.29, 1.82) is 0 Å². The van der Waals surface area contributed by atoms with Crippen molar-refractivity contribution in [2.75, 3.05) is 5.32 Å². The van der Waals surface area contributed by atoms with Gasteiger partial charge in [-0.15, -0.1) is 0 Å². The molecule has 1 aliphatic rings. The smallest absolute Gasteiger partial charge is 0.335 e. The van der Waals surface area contributed by atoms with Gasteiger partial charge in [-0.1, -0.05) is 25.7 Å². The van der Waals surface area contributed by atoms with E-state index in [0.717, 1.165) is 25.7 Å². The number of anilines is 1. The molecular weight excluding hydrogens is 244 g/mol. The zero-order chi connectivity index (χ0) is 13.7. The molecular formula is C14H18N2O3. The van der Waals surface area contributed by atoms with Gasteiger partial charge in [0.05, 0.1) is 5.56 Å². The fraction of sp³-hybridized carbons (Fsp3) is 0.500. The molecule has 0 unspecified atom stereocenters. The van der Waals surface area contributed by atoms with E-state index in [1.807, 2.05) is 0 Å². The number of pyridine rings is 1. The van der Waals surface area contributed by atoms with Gasteiger partial charge in [-0.25, -0.2) is 9.78 Å². The summed E-state index contributed by atoms with van der Waals surface area (Å²) in [5.41, 5.74) is 0.131. The van der Waals surface area contributed by atoms with E-state index in [-0.39, 0.29) is 17.4 Å². The Morgan fingerprint density at radius 1 is 1.21 bits per heavy atom. The Hall–Kier alpha value is -1.91. The van der Waals surface area contributed by atoms with Gasteiger partial charge in [-0.3, -0.25) is 4.79 Å². The van der Waals surface area contributed by atoms with Crippen molar-refractivity contribution in [1.82, 2.24) is 4.98 Å². The molecule has 102 valence electrons. The predicted octanol–water partition coefficient (Wildman–Crippen LogP) is 2.69. The van der Waals surface area contributed by atoms with Gasteiger partial charge in [0.15, 0.2) is 0 Å². The Balaban J connectivity index is 2.01. The highest BCUT2D eigenvalue weighted by molar-refractivity contribution is 5.93. The monoisotopic (exact) mass is 262 g/mol. The highest BCUT2D eigenvalue weighted by Crippen LogP contribution is 2.24. The second-order valence-corrected chi connectivity index (χ2v) is 4.91. The number of hydrogen-bond acceptors (Lipinski definition) is 3. The van der Waals surface area contributed by atoms with Crippen LogP contribution in [0.4, 0.5) is 5.82 Å². The van der Waals surface area contributed by atoms with E-state index < -0.39 is 5.97 Å². The molecule has 0 spiro atoms. The van der Waals surface area contributed by atoms with Crippen LogP contribution in [0.15, 0.2) is 18.3 Å². The second kappa shape index (κ2) is 6.31. The number of amides is 1. The number of carbonyl (C=O) groups excluding carboxylic acids is 1. The van der Waals surface area contributed by atoms with E-state index in [0.29, 0.717) is 5.82 Å². The molecule has 0 atom stereocenters. The number of aromatic carboxylic acids is 1. The summed E-state index contributed by atoms with van der Waals surface area (Å²) < 4.78 is 0. The summed E-state index contributed by atoms with van der Waals surface area (Å²) in [5, 5.41) is 11.6. The van der Waals surface area contributed by atoms with Crippen LogP contribution in [0.3, 0.4) is 0 Å². The SMILES string of the molecule is O=C(O)c1ccnc(NC(=O)C2CCCCCC2)c1. The lowest BCUT2D eigenvalue weighted by molar-refractivity contribution is -0.120. The first-order valence-corrected chi connectivity index (χ1v) is 6.67. The molecule has 19 heavy (non-hydrogen) atoms. The summed E-state index contributed by atoms with van der Waals surface area (Å²) in [6, 6.07) is 2.79. The average Bonchev–Trinajstić information content (AvgIpc) is 2.68. The van der Waals surface area contributed by atoms with Gasteiger partial charge in [0.1, 0.15) is 5.82 Å². The van der Waals surface area contributed by atoms with Crippen molar-refractivity contribution in [2.24, 2.45) is 5.92 Å². The van der Waals surface area contributed by atoms with Crippen LogP contribution in [0.25, 0.3) is 0 Å². The van der Waals surface area contributed by atoms with Gasteiger partial charge >= 0.3 is 5.97 Å². The third-order valence-corrected chi connectivity index (χ3v) is 3.48. The van der Waals surface area contributed by atoms with Crippen LogP contribution in [-0.4, -0.2) is 22.0 Å². The van der Waals surface area contributed by atoms with Gasteiger partial charge < -0.3 is 10.4 Å². The number of carbonyl (C=O) groups is 2. The van der Waals surface area contributed by atoms with Crippen LogP contribution >= 0.6 is 0 Å². The standard InChI is InChI=1S/C14H18N2O3/c17-13(10-5-3-1-2-4-6-10)16-12-9-11(14(18)19)7-8-15-12/h7-10H,1-6H2,(H,18,19)(H,15,16,17). The molecule has 1 fully saturated rings. The van der Waals surface area contributed by atoms with Crippen LogP contribution in [0.1, 0.15) is 48.9 Å². The molecule has 2 N–H and O–H groups in total. The van der Waals surface area contributed by atoms with Crippen LogP contribution < -0.4 is 5.32 Å². The predicted molar refractivity (Wildman–Crippen MR) is 71.0 cm³/mol. The van der Waals surface area contributed by atoms with Crippen LogP contribution in [0.2, 0.25) is 0 Å². The molecule has 1 aromatic rings. The topological polar surface area (TPSA) is 79.3 Å². The molecule has 0 bridgehead atoms. The van der Waals surface area contributed by atoms with Crippen molar-refractivity contribution in [3.05, 3.63) is 23.9 Å². The highest BCUT2D eigenvalue weighted by atomic mass is 16.4. The summed E-state index contributed by atoms with van der Waals surface area (Å²) >= 11 is 0. The van der Waals surface area contributed by atoms with Gasteiger partial charge in [0.2, 0.25) is 5.91 Å². The molecule has 0 radical (unpaired) electrons. The minimum Gasteiger partial charge on any atom is -0.478 e. The van der Waals surface area contributed by atoms with Crippen molar-refractivity contribution in [2.45, 2.75) is 38.5 Å². The van der Waals surface area contributed by atoms with Crippen molar-refractivity contribution >= 4 is 17.7 Å². The molecule has 1 heterocycles. The summed E-state index contributed by atoms with van der Waals surface area (Å²) in [7, 11) is 0. The van der Waals surface area contributed by atoms with Crippen LogP contribution in [0.5, 0.6) is 0 Å². The minimum absolute atomic E-state index is 0.0257. The molecule has 0 aliphatic heterocycles. The first-order chi connectivity index (χ1) is 9.16. The molecule has 5 heteroatoms. The first-order valence-electron chi connectivity index (χ1n) is 6.67. The van der Waals surface area contributed by atoms with E-state index in [1.165, 1.54) is 31.2 Å². The second-order valence-electron chi connectivity index (χ2n) is 4.91. The Labute approximate surface area is 112 Å². The van der Waals surface area contributed by atoms with E-state index in [9.17, 15) is 9.59 Å². The molecule has 0 aromatic carbocycles. The number of carboxylic acids is 1. The number of carboxylic acid groups (broad SMARTS) is 1. The van der Waals surface area contributed by atoms with E-state index in [4.69, 9.17) is 5.11 Å². The zero-order valence-electron chi connectivity index (χ0n) is 10.8. The van der Waals surface area contributed by atoms with E-state index >= 15 is 0 Å². The molecule has 1 amide bonds. The third kappa shape index (κ3) is 3.77. The Kier molecular flexibility index (Phi) is 4.49.